The van der Waals surface area contributed by atoms with Crippen LogP contribution in [-0.4, -0.2) is 41.3 Å². The molecule has 70 heavy (non-hydrogen) atoms. The molecular formula is C54H61N11O3S2. The second-order valence-electron chi connectivity index (χ2n) is 19.8. The molecule has 362 valence electrons. The number of fused-ring (bicyclic) bond motifs is 1. The van der Waals surface area contributed by atoms with Gasteiger partial charge in [0.05, 0.1) is 26.4 Å². The molecule has 0 bridgehead atoms. The number of anilines is 4. The minimum Gasteiger partial charge on any atom is -0.492 e. The first-order valence-electron chi connectivity index (χ1n) is 23.3. The predicted molar refractivity (Wildman–Crippen MR) is 281 cm³/mol. The van der Waals surface area contributed by atoms with E-state index in [1.807, 2.05) is 89.2 Å². The number of rotatable bonds is 17. The summed E-state index contributed by atoms with van der Waals surface area (Å²) in [4.78, 5) is 9.79. The Morgan fingerprint density at radius 3 is 1.94 bits per heavy atom. The molecule has 0 aliphatic heterocycles. The third-order valence-corrected chi connectivity index (χ3v) is 15.3. The van der Waals surface area contributed by atoms with Crippen molar-refractivity contribution in [1.82, 2.24) is 24.5 Å². The first-order chi connectivity index (χ1) is 33.1. The maximum absolute atomic E-state index is 13.8. The van der Waals surface area contributed by atoms with Crippen LogP contribution in [0.15, 0.2) is 100 Å². The summed E-state index contributed by atoms with van der Waals surface area (Å²) in [5.74, 6) is 1.51. The number of hydrogen-bond acceptors (Lipinski definition) is 13. The van der Waals surface area contributed by atoms with Crippen LogP contribution in [0.1, 0.15) is 120 Å². The van der Waals surface area contributed by atoms with Crippen molar-refractivity contribution in [1.29, 1.82) is 10.5 Å². The van der Waals surface area contributed by atoms with Crippen LogP contribution < -0.4 is 20.1 Å². The van der Waals surface area contributed by atoms with E-state index in [9.17, 15) is 18.9 Å². The molecule has 0 aliphatic carbocycles. The maximum atomic E-state index is 13.8. The van der Waals surface area contributed by atoms with Gasteiger partial charge in [0.25, 0.3) is 0 Å². The highest BCUT2D eigenvalue weighted by molar-refractivity contribution is 7.89. The Balaban J connectivity index is 1.21. The third kappa shape index (κ3) is 10.9. The third-order valence-electron chi connectivity index (χ3n) is 12.8. The molecule has 3 aromatic heterocycles. The molecule has 0 aliphatic rings. The number of hydrogen-bond donors (Lipinski definition) is 3. The van der Waals surface area contributed by atoms with Crippen molar-refractivity contribution in [2.24, 2.45) is 10.2 Å². The fourth-order valence-electron chi connectivity index (χ4n) is 7.61. The largest absolute Gasteiger partial charge is 0.492 e. The zero-order chi connectivity index (χ0) is 50.8. The smallest absolute Gasteiger partial charge is 0.240 e. The molecule has 3 heterocycles. The van der Waals surface area contributed by atoms with E-state index < -0.39 is 15.4 Å². The van der Waals surface area contributed by atoms with Crippen LogP contribution >= 0.6 is 11.3 Å². The summed E-state index contributed by atoms with van der Waals surface area (Å²) in [7, 11) is -3.96. The predicted octanol–water partition coefficient (Wildman–Crippen LogP) is 13.5. The second-order valence-corrected chi connectivity index (χ2v) is 22.6. The van der Waals surface area contributed by atoms with E-state index in [1.165, 1.54) is 27.6 Å². The lowest BCUT2D eigenvalue weighted by molar-refractivity contribution is 0.310. The minimum absolute atomic E-state index is 0.00757. The number of nitriles is 2. The first-order valence-corrected chi connectivity index (χ1v) is 25.6. The lowest BCUT2D eigenvalue weighted by atomic mass is 9.76. The number of thiazole rings is 1. The van der Waals surface area contributed by atoms with Crippen molar-refractivity contribution in [2.75, 3.05) is 23.8 Å². The van der Waals surface area contributed by atoms with E-state index in [0.717, 1.165) is 46.7 Å². The summed E-state index contributed by atoms with van der Waals surface area (Å²) in [6.45, 7) is 25.0. The highest BCUT2D eigenvalue weighted by Gasteiger charge is 2.30. The summed E-state index contributed by atoms with van der Waals surface area (Å²) in [6, 6.07) is 31.2. The van der Waals surface area contributed by atoms with Crippen LogP contribution in [0.4, 0.5) is 34.5 Å². The van der Waals surface area contributed by atoms with Crippen LogP contribution in [0.5, 0.6) is 5.75 Å². The van der Waals surface area contributed by atoms with E-state index in [1.54, 1.807) is 19.1 Å². The van der Waals surface area contributed by atoms with Gasteiger partial charge in [-0.1, -0.05) is 121 Å². The highest BCUT2D eigenvalue weighted by atomic mass is 32.2. The zero-order valence-electron chi connectivity index (χ0n) is 42.0. The lowest BCUT2D eigenvalue weighted by Crippen LogP contribution is -2.29. The van der Waals surface area contributed by atoms with Crippen molar-refractivity contribution in [3.8, 4) is 23.0 Å². The molecule has 0 atom stereocenters. The average molecular weight is 976 g/mol. The molecule has 3 N–H and O–H groups in total. The van der Waals surface area contributed by atoms with Crippen molar-refractivity contribution in [3.63, 3.8) is 0 Å². The van der Waals surface area contributed by atoms with Crippen LogP contribution in [-0.2, 0) is 26.3 Å². The number of nitrogens with zero attached hydrogens (tertiary/aromatic N) is 8. The fourth-order valence-corrected chi connectivity index (χ4v) is 9.68. The van der Waals surface area contributed by atoms with Crippen LogP contribution in [0.3, 0.4) is 0 Å². The first kappa shape index (κ1) is 50.9. The van der Waals surface area contributed by atoms with Crippen LogP contribution in [0, 0.1) is 43.4 Å². The van der Waals surface area contributed by atoms with E-state index in [2.05, 4.69) is 81.2 Å². The molecule has 7 rings (SSSR count). The average Bonchev–Trinajstić information content (AvgIpc) is 3.93. The fraction of sp³-hybridized carbons (Fsp3) is 0.352. The number of aryl methyl sites for hydroxylation is 2. The summed E-state index contributed by atoms with van der Waals surface area (Å²) < 4.78 is 38.5. The van der Waals surface area contributed by atoms with Crippen molar-refractivity contribution in [2.45, 2.75) is 117 Å². The van der Waals surface area contributed by atoms with E-state index in [0.29, 0.717) is 38.2 Å². The molecule has 0 radical (unpaired) electrons. The number of nitrogens with one attached hydrogen (secondary N) is 3. The number of azo groups is 1. The molecule has 16 heteroatoms. The Morgan fingerprint density at radius 1 is 0.743 bits per heavy atom. The van der Waals surface area contributed by atoms with Gasteiger partial charge in [0, 0.05) is 34.5 Å². The van der Waals surface area contributed by atoms with Gasteiger partial charge in [-0.05, 0) is 98.5 Å². The van der Waals surface area contributed by atoms with Crippen LogP contribution in [0.25, 0.3) is 15.3 Å². The van der Waals surface area contributed by atoms with Crippen molar-refractivity contribution >= 4 is 66.1 Å². The van der Waals surface area contributed by atoms with Gasteiger partial charge in [0.2, 0.25) is 15.2 Å². The van der Waals surface area contributed by atoms with Gasteiger partial charge in [0.1, 0.15) is 35.7 Å². The number of pyridine rings is 1. The molecule has 0 spiro atoms. The van der Waals surface area contributed by atoms with E-state index >= 15 is 0 Å². The molecule has 0 saturated heterocycles. The zero-order valence-corrected chi connectivity index (χ0v) is 43.7. The molecule has 0 fully saturated rings. The molecular weight excluding hydrogens is 915 g/mol. The SMILES string of the molecule is CCC(C)(C)c1ccc(OCCNS(=O)(=O)c2ccc3nc(-n4nc(C(C)(C)C)c(C#N)c4N=Nc4c(Nc5ccc(C)cc5)nc(Nc5ccc(C)cc5)c(C#N)c4C)sc3c2)c(C(C)(C)CC)c1. The normalized spacial score (nSPS) is 12.3. The molecule has 4 aromatic carbocycles. The summed E-state index contributed by atoms with van der Waals surface area (Å²) in [5, 5.41) is 42.5. The maximum Gasteiger partial charge on any atom is 0.240 e. The highest BCUT2D eigenvalue weighted by Crippen LogP contribution is 2.42. The molecule has 0 amide bonds. The summed E-state index contributed by atoms with van der Waals surface area (Å²) in [6.07, 6.45) is 1.91. The van der Waals surface area contributed by atoms with Gasteiger partial charge in [-0.25, -0.2) is 23.1 Å². The Hall–Kier alpha value is -6.98. The number of sulfonamides is 1. The second kappa shape index (κ2) is 20.2. The number of ether oxygens (including phenoxy) is 1. The Bertz CT molecular complexity index is 3300. The lowest BCUT2D eigenvalue weighted by Gasteiger charge is -2.30. The minimum atomic E-state index is -3.96. The van der Waals surface area contributed by atoms with Gasteiger partial charge in [-0.3, -0.25) is 0 Å². The molecule has 0 saturated carbocycles. The van der Waals surface area contributed by atoms with Gasteiger partial charge in [-0.15, -0.1) is 10.2 Å². The van der Waals surface area contributed by atoms with Gasteiger partial charge >= 0.3 is 0 Å². The number of benzene rings is 4. The van der Waals surface area contributed by atoms with Gasteiger partial charge in [0.15, 0.2) is 17.5 Å². The number of aromatic nitrogens is 4. The Labute approximate surface area is 416 Å². The topological polar surface area (TPSA) is 195 Å². The Morgan fingerprint density at radius 2 is 1.36 bits per heavy atom. The van der Waals surface area contributed by atoms with Crippen molar-refractivity contribution in [3.05, 3.63) is 130 Å². The standard InChI is InChI=1S/C54H61N11O3S2/c1-13-53(9,10)36-19-26-44(42(29-36)54(11,12)14-2)68-28-27-57-70(66,67)39-24-25-43-45(30-39)69-51(60-43)65-50(41(32-56)47(64-65)52(6,7)8)63-62-46-35(5)40(31-55)48(58-37-20-15-33(3)16-21-37)61-49(46)59-38-22-17-34(4)18-23-38/h15-26,29-30,57H,13-14,27-28H2,1-12H3,(H2,58,59,61). The van der Waals surface area contributed by atoms with Gasteiger partial charge < -0.3 is 15.4 Å². The Kier molecular flexibility index (Phi) is 14.7. The summed E-state index contributed by atoms with van der Waals surface area (Å²) in [5.41, 5.74) is 7.48. The van der Waals surface area contributed by atoms with E-state index in [-0.39, 0.29) is 51.5 Å². The quantitative estimate of drug-likeness (QED) is 0.0583. The van der Waals surface area contributed by atoms with Crippen LogP contribution in [0.2, 0.25) is 0 Å². The molecule has 0 unspecified atom stereocenters. The summed E-state index contributed by atoms with van der Waals surface area (Å²) >= 11 is 1.20. The van der Waals surface area contributed by atoms with Crippen molar-refractivity contribution < 1.29 is 13.2 Å². The molecule has 14 nitrogen and oxygen atoms in total. The van der Waals surface area contributed by atoms with E-state index in [4.69, 9.17) is 30.0 Å². The van der Waals surface area contributed by atoms with Gasteiger partial charge in [-0.2, -0.15) is 20.3 Å². The monoisotopic (exact) mass is 975 g/mol. The molecule has 7 aromatic rings.